The Morgan fingerprint density at radius 3 is 1.93 bits per heavy atom. The van der Waals surface area contributed by atoms with Gasteiger partial charge in [0.1, 0.15) is 0 Å². The largest absolute Gasteiger partial charge is 0.0681 e. The molecule has 6 aromatic rings. The number of fused-ring (bicyclic) bond motifs is 10. The molecule has 0 amide bonds. The van der Waals surface area contributed by atoms with E-state index in [0.717, 1.165) is 0 Å². The fourth-order valence-corrected chi connectivity index (χ4v) is 8.11. The van der Waals surface area contributed by atoms with E-state index in [9.17, 15) is 0 Å². The van der Waals surface area contributed by atoms with Crippen LogP contribution in [0.15, 0.2) is 127 Å². The van der Waals surface area contributed by atoms with Crippen LogP contribution < -0.4 is 10.4 Å². The highest BCUT2D eigenvalue weighted by molar-refractivity contribution is 6.16. The number of hydrogen-bond acceptors (Lipinski definition) is 0. The molecule has 0 bridgehead atoms. The van der Waals surface area contributed by atoms with Gasteiger partial charge in [0.05, 0.1) is 0 Å². The molecule has 40 heavy (non-hydrogen) atoms. The minimum Gasteiger partial charge on any atom is -0.0681 e. The van der Waals surface area contributed by atoms with Crippen molar-refractivity contribution in [3.8, 4) is 33.4 Å². The summed E-state index contributed by atoms with van der Waals surface area (Å²) in [7, 11) is 0. The lowest BCUT2D eigenvalue weighted by Crippen LogP contribution is -2.36. The summed E-state index contributed by atoms with van der Waals surface area (Å²) >= 11 is 0. The van der Waals surface area contributed by atoms with E-state index in [-0.39, 0.29) is 5.92 Å². The average molecular weight is 505 g/mol. The zero-order valence-electron chi connectivity index (χ0n) is 21.9. The molecule has 184 valence electrons. The summed E-state index contributed by atoms with van der Waals surface area (Å²) in [5.74, 6) is 0.581. The molecule has 6 aromatic carbocycles. The summed E-state index contributed by atoms with van der Waals surface area (Å²) in [6.45, 7) is 0. The first-order valence-electron chi connectivity index (χ1n) is 14.3. The van der Waals surface area contributed by atoms with Gasteiger partial charge in [-0.05, 0) is 100 Å². The van der Waals surface area contributed by atoms with Crippen LogP contribution in [0, 0.1) is 5.92 Å². The minimum absolute atomic E-state index is 0.289. The van der Waals surface area contributed by atoms with Gasteiger partial charge >= 0.3 is 0 Å². The molecule has 4 aliphatic carbocycles. The van der Waals surface area contributed by atoms with E-state index in [0.29, 0.717) is 5.92 Å². The Morgan fingerprint density at radius 1 is 0.425 bits per heavy atom. The maximum absolute atomic E-state index is 2.59. The second-order valence-electron chi connectivity index (χ2n) is 11.6. The number of benzene rings is 6. The summed E-state index contributed by atoms with van der Waals surface area (Å²) < 4.78 is 0. The number of hydrogen-bond donors (Lipinski definition) is 0. The van der Waals surface area contributed by atoms with Crippen molar-refractivity contribution in [3.05, 3.63) is 160 Å². The predicted molar refractivity (Wildman–Crippen MR) is 166 cm³/mol. The van der Waals surface area contributed by atoms with Crippen LogP contribution in [0.25, 0.3) is 61.4 Å². The lowest BCUT2D eigenvalue weighted by atomic mass is 9.68. The lowest BCUT2D eigenvalue weighted by molar-refractivity contribution is 0.733. The van der Waals surface area contributed by atoms with E-state index in [1.54, 1.807) is 0 Å². The molecule has 2 atom stereocenters. The molecule has 0 aromatic heterocycles. The first-order valence-corrected chi connectivity index (χ1v) is 14.3. The summed E-state index contributed by atoms with van der Waals surface area (Å²) in [6.07, 6.45) is 5.15. The Balaban J connectivity index is 1.31. The quantitative estimate of drug-likeness (QED) is 0.211. The van der Waals surface area contributed by atoms with Gasteiger partial charge in [-0.15, -0.1) is 0 Å². The van der Waals surface area contributed by atoms with Crippen LogP contribution in [-0.2, 0) is 0 Å². The maximum Gasteiger partial charge on any atom is 0.0144 e. The molecule has 0 radical (unpaired) electrons. The van der Waals surface area contributed by atoms with Crippen LogP contribution in [-0.4, -0.2) is 0 Å². The number of allylic oxidation sites excluding steroid dienone is 1. The van der Waals surface area contributed by atoms with E-state index in [2.05, 4.69) is 133 Å². The molecule has 4 aliphatic rings. The zero-order valence-corrected chi connectivity index (χ0v) is 21.9. The van der Waals surface area contributed by atoms with Crippen molar-refractivity contribution in [2.75, 3.05) is 0 Å². The number of rotatable bonds is 1. The van der Waals surface area contributed by atoms with Crippen molar-refractivity contribution in [2.24, 2.45) is 5.92 Å². The van der Waals surface area contributed by atoms with Crippen molar-refractivity contribution in [2.45, 2.75) is 5.92 Å². The van der Waals surface area contributed by atoms with E-state index in [1.807, 2.05) is 0 Å². The van der Waals surface area contributed by atoms with Gasteiger partial charge in [-0.3, -0.25) is 0 Å². The van der Waals surface area contributed by atoms with Gasteiger partial charge in [0, 0.05) is 11.8 Å². The predicted octanol–water partition coefficient (Wildman–Crippen LogP) is 8.31. The summed E-state index contributed by atoms with van der Waals surface area (Å²) in [5, 5.41) is 5.53. The molecular formula is C40H24. The summed E-state index contributed by atoms with van der Waals surface area (Å²) in [6, 6.07) is 45.5. The van der Waals surface area contributed by atoms with Crippen LogP contribution in [0.1, 0.15) is 28.2 Å². The summed E-state index contributed by atoms with van der Waals surface area (Å²) in [5.41, 5.74) is 16.6. The lowest BCUT2D eigenvalue weighted by Gasteiger charge is -2.35. The highest BCUT2D eigenvalue weighted by Gasteiger charge is 2.38. The maximum atomic E-state index is 2.59. The van der Waals surface area contributed by atoms with Gasteiger partial charge in [-0.25, -0.2) is 0 Å². The molecule has 0 spiro atoms. The third kappa shape index (κ3) is 2.52. The van der Waals surface area contributed by atoms with Crippen molar-refractivity contribution in [3.63, 3.8) is 0 Å². The Hall–Kier alpha value is -4.94. The Kier molecular flexibility index (Phi) is 3.86. The van der Waals surface area contributed by atoms with Crippen molar-refractivity contribution < 1.29 is 0 Å². The second kappa shape index (κ2) is 7.37. The van der Waals surface area contributed by atoms with Crippen LogP contribution in [0.4, 0.5) is 0 Å². The van der Waals surface area contributed by atoms with Crippen LogP contribution >= 0.6 is 0 Å². The van der Waals surface area contributed by atoms with Crippen LogP contribution in [0.3, 0.4) is 0 Å². The van der Waals surface area contributed by atoms with Crippen molar-refractivity contribution in [1.82, 2.24) is 0 Å². The monoisotopic (exact) mass is 504 g/mol. The molecule has 0 fully saturated rings. The average Bonchev–Trinajstić information content (AvgIpc) is 3.52. The van der Waals surface area contributed by atoms with Crippen molar-refractivity contribution >= 4 is 28.0 Å². The Bertz CT molecular complexity index is 2260. The fraction of sp³-hybridized carbons (Fsp3) is 0.0500. The van der Waals surface area contributed by atoms with E-state index in [4.69, 9.17) is 0 Å². The third-order valence-corrected chi connectivity index (χ3v) is 9.71. The molecule has 0 saturated carbocycles. The SMILES string of the molecule is C1=C(c2ccccc2)c2cc3c(cc2C2C=c4cccc5c4=C(c4ccccc4-5)C12)-c1cccc2cccc-3c12. The van der Waals surface area contributed by atoms with E-state index >= 15 is 0 Å². The van der Waals surface area contributed by atoms with Crippen LogP contribution in [0.5, 0.6) is 0 Å². The molecular weight excluding hydrogens is 480 g/mol. The molecule has 0 heterocycles. The molecule has 0 aliphatic heterocycles. The van der Waals surface area contributed by atoms with Gasteiger partial charge in [0.25, 0.3) is 0 Å². The van der Waals surface area contributed by atoms with Crippen LogP contribution in [0.2, 0.25) is 0 Å². The smallest absolute Gasteiger partial charge is 0.0144 e. The zero-order chi connectivity index (χ0) is 25.9. The normalized spacial score (nSPS) is 18.3. The minimum atomic E-state index is 0.289. The molecule has 0 heteroatoms. The molecule has 0 saturated heterocycles. The molecule has 0 N–H and O–H groups in total. The van der Waals surface area contributed by atoms with Gasteiger partial charge < -0.3 is 0 Å². The molecule has 2 unspecified atom stereocenters. The van der Waals surface area contributed by atoms with Gasteiger partial charge in [-0.2, -0.15) is 0 Å². The standard InChI is InChI=1S/C40H24/c1-2-9-23(10-3-1)31-20-37-32(19-25-13-8-16-27-26-14-4-5-15-28(26)40(37)39(25)27)36-22-34-30-18-7-12-24-11-6-17-29(38(24)30)33(34)21-35(31)36/h1-22,32,37H. The summed E-state index contributed by atoms with van der Waals surface area (Å²) in [4.78, 5) is 0. The highest BCUT2D eigenvalue weighted by atomic mass is 14.4. The topological polar surface area (TPSA) is 0 Å². The molecule has 10 rings (SSSR count). The fourth-order valence-electron chi connectivity index (χ4n) is 8.11. The first kappa shape index (κ1) is 21.0. The van der Waals surface area contributed by atoms with Gasteiger partial charge in [0.15, 0.2) is 0 Å². The first-order chi connectivity index (χ1) is 19.8. The Morgan fingerprint density at radius 2 is 1.10 bits per heavy atom. The Labute approximate surface area is 232 Å². The third-order valence-electron chi connectivity index (χ3n) is 9.71. The van der Waals surface area contributed by atoms with Gasteiger partial charge in [0.2, 0.25) is 0 Å². The van der Waals surface area contributed by atoms with Crippen molar-refractivity contribution in [1.29, 1.82) is 0 Å². The highest BCUT2D eigenvalue weighted by Crippen LogP contribution is 2.54. The van der Waals surface area contributed by atoms with E-state index in [1.165, 1.54) is 88.0 Å². The van der Waals surface area contributed by atoms with E-state index < -0.39 is 0 Å². The molecule has 0 nitrogen and oxygen atoms in total. The van der Waals surface area contributed by atoms with Gasteiger partial charge in [-0.1, -0.05) is 121 Å². The second-order valence-corrected chi connectivity index (χ2v) is 11.6.